The molecule has 0 N–H and O–H groups in total. The number of aromatic nitrogens is 1. The van der Waals surface area contributed by atoms with E-state index in [1.165, 1.54) is 6.07 Å². The van der Waals surface area contributed by atoms with Crippen molar-refractivity contribution in [3.05, 3.63) is 32.6 Å². The molecule has 15 heavy (non-hydrogen) atoms. The SMILES string of the molecule is N#Cc1cc([N+](=O)[O-])c(C(F)F)c(Cl)n1. The standard InChI is InChI=1S/C7H2ClF2N3O2/c8-6-5(7(9)10)4(13(14)15)1-3(2-11)12-6/h1,7H. The zero-order valence-corrected chi connectivity index (χ0v) is 7.70. The Morgan fingerprint density at radius 1 is 1.67 bits per heavy atom. The van der Waals surface area contributed by atoms with Crippen molar-refractivity contribution in [1.29, 1.82) is 5.26 Å². The first-order valence-corrected chi connectivity index (χ1v) is 3.88. The minimum atomic E-state index is -3.11. The topological polar surface area (TPSA) is 79.8 Å². The second-order valence-corrected chi connectivity index (χ2v) is 2.76. The molecule has 0 saturated heterocycles. The lowest BCUT2D eigenvalue weighted by molar-refractivity contribution is -0.386. The number of nitriles is 1. The Hall–Kier alpha value is -1.81. The summed E-state index contributed by atoms with van der Waals surface area (Å²) >= 11 is 5.31. The predicted molar refractivity (Wildman–Crippen MR) is 45.6 cm³/mol. The lowest BCUT2D eigenvalue weighted by Crippen LogP contribution is -2.00. The number of pyridine rings is 1. The zero-order chi connectivity index (χ0) is 11.6. The number of nitro groups is 1. The molecule has 0 bridgehead atoms. The third kappa shape index (κ3) is 2.16. The van der Waals surface area contributed by atoms with Crippen LogP contribution in [0.25, 0.3) is 0 Å². The fraction of sp³-hybridized carbons (Fsp3) is 0.143. The van der Waals surface area contributed by atoms with Crippen LogP contribution in [0.3, 0.4) is 0 Å². The molecule has 0 aliphatic rings. The molecule has 0 saturated carbocycles. The Morgan fingerprint density at radius 3 is 2.67 bits per heavy atom. The lowest BCUT2D eigenvalue weighted by Gasteiger charge is -2.03. The minimum Gasteiger partial charge on any atom is -0.258 e. The van der Waals surface area contributed by atoms with Crippen molar-refractivity contribution in [2.24, 2.45) is 0 Å². The van der Waals surface area contributed by atoms with E-state index in [1.807, 2.05) is 0 Å². The van der Waals surface area contributed by atoms with Gasteiger partial charge in [-0.15, -0.1) is 0 Å². The number of hydrogen-bond donors (Lipinski definition) is 0. The van der Waals surface area contributed by atoms with Crippen molar-refractivity contribution in [2.75, 3.05) is 0 Å². The highest BCUT2D eigenvalue weighted by Gasteiger charge is 2.27. The highest BCUT2D eigenvalue weighted by atomic mass is 35.5. The Bertz CT molecular complexity index is 458. The van der Waals surface area contributed by atoms with Crippen LogP contribution in [-0.4, -0.2) is 9.91 Å². The molecule has 0 radical (unpaired) electrons. The second-order valence-electron chi connectivity index (χ2n) is 2.40. The van der Waals surface area contributed by atoms with E-state index in [1.54, 1.807) is 0 Å². The highest BCUT2D eigenvalue weighted by Crippen LogP contribution is 2.34. The molecule has 0 fully saturated rings. The molecule has 1 rings (SSSR count). The molecule has 78 valence electrons. The molecule has 1 aromatic heterocycles. The molecular formula is C7H2ClF2N3O2. The first-order chi connectivity index (χ1) is 6.97. The first kappa shape index (κ1) is 11.3. The third-order valence-electron chi connectivity index (χ3n) is 1.52. The number of nitrogens with zero attached hydrogens (tertiary/aromatic N) is 3. The Labute approximate surface area is 87.1 Å². The molecule has 1 aromatic rings. The van der Waals surface area contributed by atoms with Crippen molar-refractivity contribution in [1.82, 2.24) is 4.98 Å². The average Bonchev–Trinajstić information content (AvgIpc) is 2.15. The number of rotatable bonds is 2. The van der Waals surface area contributed by atoms with Gasteiger partial charge in [0, 0.05) is 0 Å². The minimum absolute atomic E-state index is 0.379. The van der Waals surface area contributed by atoms with Crippen LogP contribution >= 0.6 is 11.6 Å². The molecule has 0 amide bonds. The smallest absolute Gasteiger partial charge is 0.258 e. The van der Waals surface area contributed by atoms with Gasteiger partial charge in [0.05, 0.1) is 11.0 Å². The van der Waals surface area contributed by atoms with Gasteiger partial charge in [-0.2, -0.15) is 5.26 Å². The zero-order valence-electron chi connectivity index (χ0n) is 6.95. The molecular weight excluding hydrogens is 232 g/mol. The van der Waals surface area contributed by atoms with Crippen LogP contribution in [0.4, 0.5) is 14.5 Å². The highest BCUT2D eigenvalue weighted by molar-refractivity contribution is 6.30. The van der Waals surface area contributed by atoms with Crippen molar-refractivity contribution in [3.8, 4) is 6.07 Å². The summed E-state index contributed by atoms with van der Waals surface area (Å²) < 4.78 is 24.7. The van der Waals surface area contributed by atoms with Crippen LogP contribution in [0.15, 0.2) is 6.07 Å². The largest absolute Gasteiger partial charge is 0.284 e. The Morgan fingerprint density at radius 2 is 2.27 bits per heavy atom. The molecule has 0 aliphatic heterocycles. The van der Waals surface area contributed by atoms with Gasteiger partial charge in [0.25, 0.3) is 12.1 Å². The molecule has 1 heterocycles. The summed E-state index contributed by atoms with van der Waals surface area (Å²) in [5.41, 5.74) is -2.25. The van der Waals surface area contributed by atoms with Gasteiger partial charge in [0.15, 0.2) is 0 Å². The number of halogens is 3. The van der Waals surface area contributed by atoms with Crippen molar-refractivity contribution >= 4 is 17.3 Å². The summed E-state index contributed by atoms with van der Waals surface area (Å²) in [6.45, 7) is 0. The quantitative estimate of drug-likeness (QED) is 0.446. The van der Waals surface area contributed by atoms with Crippen molar-refractivity contribution in [3.63, 3.8) is 0 Å². The van der Waals surface area contributed by atoms with Crippen LogP contribution < -0.4 is 0 Å². The van der Waals surface area contributed by atoms with Gasteiger partial charge < -0.3 is 0 Å². The van der Waals surface area contributed by atoms with Gasteiger partial charge in [-0.3, -0.25) is 10.1 Å². The molecule has 5 nitrogen and oxygen atoms in total. The summed E-state index contributed by atoms with van der Waals surface area (Å²) in [7, 11) is 0. The number of hydrogen-bond acceptors (Lipinski definition) is 4. The third-order valence-corrected chi connectivity index (χ3v) is 1.81. The van der Waals surface area contributed by atoms with E-state index in [0.29, 0.717) is 6.07 Å². The Kier molecular flexibility index (Phi) is 3.11. The second kappa shape index (κ2) is 4.14. The predicted octanol–water partition coefficient (Wildman–Crippen LogP) is 2.45. The summed E-state index contributed by atoms with van der Waals surface area (Å²) in [5.74, 6) is 0. The summed E-state index contributed by atoms with van der Waals surface area (Å²) in [6.07, 6.45) is -3.11. The van der Waals surface area contributed by atoms with Gasteiger partial charge in [0.2, 0.25) is 0 Å². The summed E-state index contributed by atoms with van der Waals surface area (Å²) in [6, 6.07) is 2.14. The molecule has 0 spiro atoms. The van der Waals surface area contributed by atoms with Crippen LogP contribution in [0.2, 0.25) is 5.15 Å². The van der Waals surface area contributed by atoms with E-state index in [4.69, 9.17) is 16.9 Å². The molecule has 0 aromatic carbocycles. The van der Waals surface area contributed by atoms with Crippen LogP contribution in [0, 0.1) is 21.4 Å². The number of alkyl halides is 2. The normalized spacial score (nSPS) is 10.1. The van der Waals surface area contributed by atoms with Gasteiger partial charge in [-0.25, -0.2) is 13.8 Å². The van der Waals surface area contributed by atoms with Crippen molar-refractivity contribution < 1.29 is 13.7 Å². The van der Waals surface area contributed by atoms with E-state index in [2.05, 4.69) is 4.98 Å². The van der Waals surface area contributed by atoms with Gasteiger partial charge in [0.1, 0.15) is 22.5 Å². The Balaban J connectivity index is 3.51. The van der Waals surface area contributed by atoms with E-state index >= 15 is 0 Å². The molecule has 0 atom stereocenters. The van der Waals surface area contributed by atoms with Gasteiger partial charge in [-0.1, -0.05) is 11.6 Å². The van der Waals surface area contributed by atoms with E-state index in [-0.39, 0.29) is 5.69 Å². The van der Waals surface area contributed by atoms with Gasteiger partial charge >= 0.3 is 0 Å². The fourth-order valence-electron chi connectivity index (χ4n) is 0.921. The molecule has 0 aliphatic carbocycles. The summed E-state index contributed by atoms with van der Waals surface area (Å²) in [4.78, 5) is 12.7. The van der Waals surface area contributed by atoms with Crippen molar-refractivity contribution in [2.45, 2.75) is 6.43 Å². The van der Waals surface area contributed by atoms with Crippen LogP contribution in [0.5, 0.6) is 0 Å². The maximum atomic E-state index is 12.4. The fourth-order valence-corrected chi connectivity index (χ4v) is 1.19. The van der Waals surface area contributed by atoms with E-state index in [9.17, 15) is 18.9 Å². The monoisotopic (exact) mass is 233 g/mol. The van der Waals surface area contributed by atoms with Gasteiger partial charge in [-0.05, 0) is 0 Å². The first-order valence-electron chi connectivity index (χ1n) is 3.50. The summed E-state index contributed by atoms with van der Waals surface area (Å²) in [5, 5.41) is 18.1. The van der Waals surface area contributed by atoms with Crippen LogP contribution in [0.1, 0.15) is 17.7 Å². The lowest BCUT2D eigenvalue weighted by atomic mass is 10.2. The van der Waals surface area contributed by atoms with Crippen LogP contribution in [-0.2, 0) is 0 Å². The molecule has 8 heteroatoms. The molecule has 0 unspecified atom stereocenters. The average molecular weight is 234 g/mol. The maximum absolute atomic E-state index is 12.4. The van der Waals surface area contributed by atoms with E-state index < -0.39 is 27.8 Å². The maximum Gasteiger partial charge on any atom is 0.284 e. The van der Waals surface area contributed by atoms with E-state index in [0.717, 1.165) is 0 Å².